The monoisotopic (exact) mass is 407 g/mol. The third-order valence-corrected chi connectivity index (χ3v) is 5.58. The molecule has 150 valence electrons. The van der Waals surface area contributed by atoms with Crippen molar-refractivity contribution < 1.29 is 0 Å². The van der Waals surface area contributed by atoms with E-state index in [1.807, 2.05) is 48.8 Å². The molecule has 1 N–H and O–H groups in total. The first-order valence-electron chi connectivity index (χ1n) is 10.2. The number of nitrogens with zero attached hydrogens (tertiary/aromatic N) is 4. The van der Waals surface area contributed by atoms with Crippen LogP contribution in [0, 0.1) is 0 Å². The van der Waals surface area contributed by atoms with Crippen molar-refractivity contribution in [2.75, 3.05) is 18.0 Å². The molecule has 1 fully saturated rings. The van der Waals surface area contributed by atoms with Gasteiger partial charge in [0.2, 0.25) is 0 Å². The van der Waals surface area contributed by atoms with Crippen molar-refractivity contribution in [2.24, 2.45) is 0 Å². The Kier molecular flexibility index (Phi) is 6.07. The number of rotatable bonds is 6. The molecule has 5 nitrogen and oxygen atoms in total. The molecule has 1 aliphatic heterocycles. The van der Waals surface area contributed by atoms with Gasteiger partial charge in [-0.1, -0.05) is 37.6 Å². The third kappa shape index (κ3) is 4.57. The molecule has 1 unspecified atom stereocenters. The van der Waals surface area contributed by atoms with Gasteiger partial charge in [-0.05, 0) is 48.7 Å². The maximum absolute atomic E-state index is 6.08. The molecular formula is C23H26ClN5. The van der Waals surface area contributed by atoms with E-state index in [0.29, 0.717) is 17.1 Å². The van der Waals surface area contributed by atoms with E-state index >= 15 is 0 Å². The van der Waals surface area contributed by atoms with Gasteiger partial charge in [-0.3, -0.25) is 4.98 Å². The minimum Gasteiger partial charge on any atom is -0.351 e. The van der Waals surface area contributed by atoms with Gasteiger partial charge in [-0.15, -0.1) is 10.2 Å². The molecule has 0 saturated carbocycles. The molecule has 1 aromatic carbocycles. The second-order valence-electron chi connectivity index (χ2n) is 7.76. The van der Waals surface area contributed by atoms with E-state index in [0.717, 1.165) is 41.3 Å². The Morgan fingerprint density at radius 1 is 1.07 bits per heavy atom. The van der Waals surface area contributed by atoms with Gasteiger partial charge in [0.15, 0.2) is 5.82 Å². The van der Waals surface area contributed by atoms with E-state index < -0.39 is 0 Å². The van der Waals surface area contributed by atoms with E-state index in [1.54, 1.807) is 0 Å². The first-order chi connectivity index (χ1) is 14.1. The predicted octanol–water partition coefficient (Wildman–Crippen LogP) is 4.83. The fourth-order valence-corrected chi connectivity index (χ4v) is 3.94. The molecule has 3 heterocycles. The number of benzene rings is 1. The summed E-state index contributed by atoms with van der Waals surface area (Å²) in [5.41, 5.74) is 3.99. The first-order valence-corrected chi connectivity index (χ1v) is 10.5. The predicted molar refractivity (Wildman–Crippen MR) is 119 cm³/mol. The average molecular weight is 408 g/mol. The second kappa shape index (κ2) is 8.89. The Bertz CT molecular complexity index is 943. The van der Waals surface area contributed by atoms with Crippen LogP contribution >= 0.6 is 11.6 Å². The Hall–Kier alpha value is -2.50. The van der Waals surface area contributed by atoms with Gasteiger partial charge in [0.1, 0.15) is 5.69 Å². The number of anilines is 1. The van der Waals surface area contributed by atoms with Gasteiger partial charge in [0, 0.05) is 53.7 Å². The summed E-state index contributed by atoms with van der Waals surface area (Å²) in [5, 5.41) is 13.6. The van der Waals surface area contributed by atoms with Crippen molar-refractivity contribution in [1.29, 1.82) is 0 Å². The molecule has 0 radical (unpaired) electrons. The summed E-state index contributed by atoms with van der Waals surface area (Å²) < 4.78 is 0. The van der Waals surface area contributed by atoms with Crippen LogP contribution < -0.4 is 10.2 Å². The summed E-state index contributed by atoms with van der Waals surface area (Å²) in [6.07, 6.45) is 5.97. The standard InChI is InChI=1S/C23H26ClN5/c1-16(2)26-15-20-4-3-13-29(20)22-14-21(17-9-11-25-12-10-17)23(28-27-22)18-5-7-19(24)8-6-18/h5-12,14,16,20,26H,3-4,13,15H2,1-2H3. The van der Waals surface area contributed by atoms with Gasteiger partial charge in [-0.25, -0.2) is 0 Å². The zero-order chi connectivity index (χ0) is 20.2. The summed E-state index contributed by atoms with van der Waals surface area (Å²) in [6, 6.07) is 14.9. The molecule has 1 aliphatic rings. The number of hydrogen-bond donors (Lipinski definition) is 1. The average Bonchev–Trinajstić information content (AvgIpc) is 3.22. The van der Waals surface area contributed by atoms with E-state index in [2.05, 4.69) is 45.3 Å². The fraction of sp³-hybridized carbons (Fsp3) is 0.348. The highest BCUT2D eigenvalue weighted by molar-refractivity contribution is 6.30. The Labute approximate surface area is 177 Å². The zero-order valence-corrected chi connectivity index (χ0v) is 17.6. The molecule has 1 saturated heterocycles. The van der Waals surface area contributed by atoms with Crippen LogP contribution in [0.1, 0.15) is 26.7 Å². The first kappa shape index (κ1) is 19.8. The molecule has 0 spiro atoms. The molecule has 1 atom stereocenters. The lowest BCUT2D eigenvalue weighted by atomic mass is 10.0. The SMILES string of the molecule is CC(C)NCC1CCCN1c1cc(-c2ccncc2)c(-c2ccc(Cl)cc2)nn1. The minimum atomic E-state index is 0.443. The number of pyridine rings is 1. The molecule has 0 amide bonds. The van der Waals surface area contributed by atoms with Crippen molar-refractivity contribution in [2.45, 2.75) is 38.8 Å². The van der Waals surface area contributed by atoms with Crippen molar-refractivity contribution in [3.8, 4) is 22.4 Å². The van der Waals surface area contributed by atoms with Gasteiger partial charge < -0.3 is 10.2 Å². The Morgan fingerprint density at radius 3 is 2.55 bits per heavy atom. The second-order valence-corrected chi connectivity index (χ2v) is 8.20. The lowest BCUT2D eigenvalue weighted by molar-refractivity contribution is 0.522. The number of nitrogens with one attached hydrogen (secondary N) is 1. The van der Waals surface area contributed by atoms with E-state index in [4.69, 9.17) is 11.6 Å². The molecule has 6 heteroatoms. The Balaban J connectivity index is 1.73. The molecule has 0 aliphatic carbocycles. The van der Waals surface area contributed by atoms with Crippen LogP contribution in [0.25, 0.3) is 22.4 Å². The molecule has 29 heavy (non-hydrogen) atoms. The van der Waals surface area contributed by atoms with Crippen LogP contribution in [-0.4, -0.2) is 40.4 Å². The summed E-state index contributed by atoms with van der Waals surface area (Å²) >= 11 is 6.08. The smallest absolute Gasteiger partial charge is 0.152 e. The molecule has 0 bridgehead atoms. The van der Waals surface area contributed by atoms with Crippen molar-refractivity contribution in [3.05, 3.63) is 59.9 Å². The summed E-state index contributed by atoms with van der Waals surface area (Å²) in [5.74, 6) is 0.933. The van der Waals surface area contributed by atoms with E-state index in [-0.39, 0.29) is 0 Å². The van der Waals surface area contributed by atoms with Gasteiger partial charge in [-0.2, -0.15) is 0 Å². The third-order valence-electron chi connectivity index (χ3n) is 5.32. The van der Waals surface area contributed by atoms with Crippen LogP contribution in [0.3, 0.4) is 0 Å². The molecule has 3 aromatic rings. The van der Waals surface area contributed by atoms with Crippen LogP contribution in [0.5, 0.6) is 0 Å². The maximum atomic E-state index is 6.08. The zero-order valence-electron chi connectivity index (χ0n) is 16.8. The van der Waals surface area contributed by atoms with Crippen molar-refractivity contribution >= 4 is 17.4 Å². The number of halogens is 1. The highest BCUT2D eigenvalue weighted by atomic mass is 35.5. The Morgan fingerprint density at radius 2 is 1.83 bits per heavy atom. The van der Waals surface area contributed by atoms with E-state index in [9.17, 15) is 0 Å². The summed E-state index contributed by atoms with van der Waals surface area (Å²) in [7, 11) is 0. The van der Waals surface area contributed by atoms with Crippen molar-refractivity contribution in [3.63, 3.8) is 0 Å². The maximum Gasteiger partial charge on any atom is 0.152 e. The van der Waals surface area contributed by atoms with Crippen LogP contribution in [0.2, 0.25) is 5.02 Å². The lowest BCUT2D eigenvalue weighted by Gasteiger charge is -2.27. The molecule has 2 aromatic heterocycles. The van der Waals surface area contributed by atoms with E-state index in [1.165, 1.54) is 12.8 Å². The van der Waals surface area contributed by atoms with Crippen molar-refractivity contribution in [1.82, 2.24) is 20.5 Å². The van der Waals surface area contributed by atoms with Crippen LogP contribution in [0.4, 0.5) is 5.82 Å². The quantitative estimate of drug-likeness (QED) is 0.634. The van der Waals surface area contributed by atoms with Gasteiger partial charge >= 0.3 is 0 Å². The lowest BCUT2D eigenvalue weighted by Crippen LogP contribution is -2.40. The summed E-state index contributed by atoms with van der Waals surface area (Å²) in [4.78, 5) is 6.55. The highest BCUT2D eigenvalue weighted by Gasteiger charge is 2.27. The van der Waals surface area contributed by atoms with Crippen LogP contribution in [-0.2, 0) is 0 Å². The summed E-state index contributed by atoms with van der Waals surface area (Å²) in [6.45, 7) is 6.33. The minimum absolute atomic E-state index is 0.443. The molecular weight excluding hydrogens is 382 g/mol. The van der Waals surface area contributed by atoms with Gasteiger partial charge in [0.05, 0.1) is 0 Å². The fourth-order valence-electron chi connectivity index (χ4n) is 3.82. The normalized spacial score (nSPS) is 16.6. The topological polar surface area (TPSA) is 53.9 Å². The largest absolute Gasteiger partial charge is 0.351 e. The molecule has 4 rings (SSSR count). The number of hydrogen-bond acceptors (Lipinski definition) is 5. The number of aromatic nitrogens is 3. The van der Waals surface area contributed by atoms with Gasteiger partial charge in [0.25, 0.3) is 0 Å². The van der Waals surface area contributed by atoms with Crippen LogP contribution in [0.15, 0.2) is 54.9 Å². The highest BCUT2D eigenvalue weighted by Crippen LogP contribution is 2.34.